The SMILES string of the molecule is COc1cnn(C)c1C(N)c1cc(F)ccc1C. The maximum atomic E-state index is 13.3. The lowest BCUT2D eigenvalue weighted by Crippen LogP contribution is -2.18. The van der Waals surface area contributed by atoms with Crippen LogP contribution >= 0.6 is 0 Å². The molecule has 0 bridgehead atoms. The zero-order chi connectivity index (χ0) is 13.3. The molecular weight excluding hydrogens is 233 g/mol. The van der Waals surface area contributed by atoms with Crippen molar-refractivity contribution in [3.05, 3.63) is 47.0 Å². The van der Waals surface area contributed by atoms with Crippen molar-refractivity contribution in [2.24, 2.45) is 12.8 Å². The highest BCUT2D eigenvalue weighted by Gasteiger charge is 2.20. The Balaban J connectivity index is 2.50. The Morgan fingerprint density at radius 1 is 1.44 bits per heavy atom. The summed E-state index contributed by atoms with van der Waals surface area (Å²) in [6.45, 7) is 1.90. The highest BCUT2D eigenvalue weighted by Crippen LogP contribution is 2.29. The number of hydrogen-bond donors (Lipinski definition) is 1. The lowest BCUT2D eigenvalue weighted by Gasteiger charge is -2.16. The van der Waals surface area contributed by atoms with Gasteiger partial charge in [-0.15, -0.1) is 0 Å². The van der Waals surface area contributed by atoms with Gasteiger partial charge >= 0.3 is 0 Å². The van der Waals surface area contributed by atoms with E-state index in [0.29, 0.717) is 5.75 Å². The quantitative estimate of drug-likeness (QED) is 0.904. The van der Waals surface area contributed by atoms with E-state index >= 15 is 0 Å². The molecule has 2 N–H and O–H groups in total. The van der Waals surface area contributed by atoms with Crippen molar-refractivity contribution in [1.29, 1.82) is 0 Å². The number of rotatable bonds is 3. The van der Waals surface area contributed by atoms with E-state index in [4.69, 9.17) is 10.5 Å². The van der Waals surface area contributed by atoms with Gasteiger partial charge in [-0.3, -0.25) is 4.68 Å². The first-order valence-corrected chi connectivity index (χ1v) is 5.62. The largest absolute Gasteiger partial charge is 0.493 e. The predicted molar refractivity (Wildman–Crippen MR) is 66.9 cm³/mol. The Morgan fingerprint density at radius 3 is 2.83 bits per heavy atom. The summed E-state index contributed by atoms with van der Waals surface area (Å²) in [5.41, 5.74) is 8.60. The van der Waals surface area contributed by atoms with Crippen LogP contribution < -0.4 is 10.5 Å². The van der Waals surface area contributed by atoms with Crippen LogP contribution in [0.25, 0.3) is 0 Å². The summed E-state index contributed by atoms with van der Waals surface area (Å²) in [6, 6.07) is 4.12. The fraction of sp³-hybridized carbons (Fsp3) is 0.308. The molecule has 0 saturated heterocycles. The second-order valence-electron chi connectivity index (χ2n) is 4.20. The first-order valence-electron chi connectivity index (χ1n) is 5.62. The summed E-state index contributed by atoms with van der Waals surface area (Å²) in [7, 11) is 3.35. The number of nitrogens with zero attached hydrogens (tertiary/aromatic N) is 2. The Hall–Kier alpha value is -1.88. The average Bonchev–Trinajstić information content (AvgIpc) is 2.72. The van der Waals surface area contributed by atoms with Crippen LogP contribution in [0.4, 0.5) is 4.39 Å². The van der Waals surface area contributed by atoms with Gasteiger partial charge in [0.2, 0.25) is 0 Å². The van der Waals surface area contributed by atoms with E-state index in [1.807, 2.05) is 6.92 Å². The highest BCUT2D eigenvalue weighted by molar-refractivity contribution is 5.39. The van der Waals surface area contributed by atoms with Gasteiger partial charge in [-0.25, -0.2) is 4.39 Å². The third-order valence-electron chi connectivity index (χ3n) is 3.04. The van der Waals surface area contributed by atoms with Crippen LogP contribution in [-0.2, 0) is 7.05 Å². The maximum Gasteiger partial charge on any atom is 0.161 e. The van der Waals surface area contributed by atoms with Crippen LogP contribution in [0.3, 0.4) is 0 Å². The summed E-state index contributed by atoms with van der Waals surface area (Å²) in [5, 5.41) is 4.10. The minimum Gasteiger partial charge on any atom is -0.493 e. The molecule has 0 saturated carbocycles. The summed E-state index contributed by atoms with van der Waals surface area (Å²) in [6.07, 6.45) is 1.60. The fourth-order valence-electron chi connectivity index (χ4n) is 2.03. The standard InChI is InChI=1S/C13H16FN3O/c1-8-4-5-9(14)6-10(8)12(15)13-11(18-3)7-16-17(13)2/h4-7,12H,15H2,1-3H3. The minimum atomic E-state index is -0.469. The van der Waals surface area contributed by atoms with Gasteiger partial charge in [0, 0.05) is 7.05 Å². The van der Waals surface area contributed by atoms with E-state index in [1.54, 1.807) is 31.1 Å². The van der Waals surface area contributed by atoms with Gasteiger partial charge in [-0.2, -0.15) is 5.10 Å². The van der Waals surface area contributed by atoms with Crippen molar-refractivity contribution in [2.75, 3.05) is 7.11 Å². The molecule has 2 rings (SSSR count). The van der Waals surface area contributed by atoms with E-state index < -0.39 is 6.04 Å². The number of benzene rings is 1. The van der Waals surface area contributed by atoms with E-state index in [0.717, 1.165) is 16.8 Å². The van der Waals surface area contributed by atoms with E-state index in [2.05, 4.69) is 5.10 Å². The van der Waals surface area contributed by atoms with Crippen LogP contribution in [0.1, 0.15) is 22.9 Å². The normalized spacial score (nSPS) is 12.5. The summed E-state index contributed by atoms with van der Waals surface area (Å²) in [4.78, 5) is 0. The summed E-state index contributed by atoms with van der Waals surface area (Å²) >= 11 is 0. The van der Waals surface area contributed by atoms with Gasteiger partial charge in [0.05, 0.1) is 19.3 Å². The number of hydrogen-bond acceptors (Lipinski definition) is 3. The highest BCUT2D eigenvalue weighted by atomic mass is 19.1. The lowest BCUT2D eigenvalue weighted by atomic mass is 9.99. The van der Waals surface area contributed by atoms with Crippen LogP contribution in [0.15, 0.2) is 24.4 Å². The van der Waals surface area contributed by atoms with Gasteiger partial charge in [-0.1, -0.05) is 6.07 Å². The van der Waals surface area contributed by atoms with Gasteiger partial charge in [-0.05, 0) is 30.2 Å². The molecule has 1 unspecified atom stereocenters. The molecule has 0 fully saturated rings. The molecule has 4 nitrogen and oxygen atoms in total. The molecule has 2 aromatic rings. The molecule has 1 aromatic carbocycles. The molecule has 5 heteroatoms. The monoisotopic (exact) mass is 249 g/mol. The van der Waals surface area contributed by atoms with Crippen LogP contribution in [0.5, 0.6) is 5.75 Å². The summed E-state index contributed by atoms with van der Waals surface area (Å²) in [5.74, 6) is 0.306. The van der Waals surface area contributed by atoms with Crippen LogP contribution in [0, 0.1) is 12.7 Å². The molecule has 0 radical (unpaired) electrons. The Bertz CT molecular complexity index is 565. The Kier molecular flexibility index (Phi) is 3.34. The molecular formula is C13H16FN3O. The van der Waals surface area contributed by atoms with Gasteiger partial charge in [0.15, 0.2) is 5.75 Å². The second kappa shape index (κ2) is 4.78. The van der Waals surface area contributed by atoms with Crippen molar-refractivity contribution >= 4 is 0 Å². The van der Waals surface area contributed by atoms with E-state index in [-0.39, 0.29) is 5.82 Å². The van der Waals surface area contributed by atoms with Crippen molar-refractivity contribution in [3.63, 3.8) is 0 Å². The molecule has 1 atom stereocenters. The average molecular weight is 249 g/mol. The minimum absolute atomic E-state index is 0.299. The van der Waals surface area contributed by atoms with Crippen molar-refractivity contribution in [2.45, 2.75) is 13.0 Å². The third kappa shape index (κ3) is 2.09. The number of ether oxygens (including phenoxy) is 1. The zero-order valence-electron chi connectivity index (χ0n) is 10.6. The number of aromatic nitrogens is 2. The van der Waals surface area contributed by atoms with E-state index in [1.165, 1.54) is 12.1 Å². The first-order chi connectivity index (χ1) is 8.54. The molecule has 1 aromatic heterocycles. The molecule has 0 aliphatic heterocycles. The number of nitrogens with two attached hydrogens (primary N) is 1. The topological polar surface area (TPSA) is 53.1 Å². The third-order valence-corrected chi connectivity index (χ3v) is 3.04. The number of halogens is 1. The molecule has 0 amide bonds. The number of aryl methyl sites for hydroxylation is 2. The molecule has 0 aliphatic rings. The first kappa shape index (κ1) is 12.6. The van der Waals surface area contributed by atoms with E-state index in [9.17, 15) is 4.39 Å². The smallest absolute Gasteiger partial charge is 0.161 e. The summed E-state index contributed by atoms with van der Waals surface area (Å²) < 4.78 is 20.2. The fourth-order valence-corrected chi connectivity index (χ4v) is 2.03. The number of methoxy groups -OCH3 is 1. The Morgan fingerprint density at radius 2 is 2.17 bits per heavy atom. The molecule has 0 aliphatic carbocycles. The maximum absolute atomic E-state index is 13.3. The predicted octanol–water partition coefficient (Wildman–Crippen LogP) is 1.92. The van der Waals surface area contributed by atoms with Crippen molar-refractivity contribution in [1.82, 2.24) is 9.78 Å². The van der Waals surface area contributed by atoms with Crippen molar-refractivity contribution < 1.29 is 9.13 Å². The van der Waals surface area contributed by atoms with Gasteiger partial charge in [0.1, 0.15) is 11.5 Å². The van der Waals surface area contributed by atoms with Crippen molar-refractivity contribution in [3.8, 4) is 5.75 Å². The molecule has 18 heavy (non-hydrogen) atoms. The van der Waals surface area contributed by atoms with Crippen LogP contribution in [-0.4, -0.2) is 16.9 Å². The second-order valence-corrected chi connectivity index (χ2v) is 4.20. The molecule has 96 valence electrons. The van der Waals surface area contributed by atoms with Gasteiger partial charge in [0.25, 0.3) is 0 Å². The zero-order valence-corrected chi connectivity index (χ0v) is 10.6. The molecule has 1 heterocycles. The lowest BCUT2D eigenvalue weighted by molar-refractivity contribution is 0.405. The van der Waals surface area contributed by atoms with Crippen LogP contribution in [0.2, 0.25) is 0 Å². The molecule has 0 spiro atoms. The van der Waals surface area contributed by atoms with Gasteiger partial charge < -0.3 is 10.5 Å². The Labute approximate surface area is 105 Å².